The van der Waals surface area contributed by atoms with Crippen LogP contribution in [0, 0.1) is 5.92 Å². The molecule has 74 valence electrons. The Morgan fingerprint density at radius 1 is 1.50 bits per heavy atom. The Kier molecular flexibility index (Phi) is 3.57. The van der Waals surface area contributed by atoms with Gasteiger partial charge in [0.25, 0.3) is 0 Å². The topological polar surface area (TPSA) is 25.8 Å². The fourth-order valence-electron chi connectivity index (χ4n) is 1.18. The Labute approximate surface area is 85.4 Å². The van der Waals surface area contributed by atoms with Crippen molar-refractivity contribution in [2.75, 3.05) is 0 Å². The first kappa shape index (κ1) is 10.6. The molecule has 1 rings (SSSR count). The Morgan fingerprint density at radius 3 is 2.79 bits per heavy atom. The van der Waals surface area contributed by atoms with Gasteiger partial charge in [-0.25, -0.2) is 9.97 Å². The van der Waals surface area contributed by atoms with E-state index in [0.29, 0.717) is 5.92 Å². The number of aromatic nitrogens is 2. The molecular formula is C12H16N2. The Balaban J connectivity index is 3.13. The van der Waals surface area contributed by atoms with Crippen LogP contribution >= 0.6 is 0 Å². The molecule has 0 aliphatic carbocycles. The first-order valence-electron chi connectivity index (χ1n) is 4.78. The molecule has 14 heavy (non-hydrogen) atoms. The maximum Gasteiger partial charge on any atom is 0.116 e. The van der Waals surface area contributed by atoms with Crippen molar-refractivity contribution in [3.05, 3.63) is 36.4 Å². The van der Waals surface area contributed by atoms with Crippen molar-refractivity contribution < 1.29 is 0 Å². The third-order valence-electron chi connectivity index (χ3n) is 2.09. The van der Waals surface area contributed by atoms with Gasteiger partial charge in [-0.15, -0.1) is 0 Å². The Bertz CT molecular complexity index is 351. The van der Waals surface area contributed by atoms with Crippen molar-refractivity contribution in [3.63, 3.8) is 0 Å². The minimum Gasteiger partial charge on any atom is -0.244 e. The van der Waals surface area contributed by atoms with E-state index < -0.39 is 0 Å². The Hall–Kier alpha value is -1.44. The van der Waals surface area contributed by atoms with Crippen LogP contribution in [0.25, 0.3) is 11.6 Å². The van der Waals surface area contributed by atoms with Crippen molar-refractivity contribution in [3.8, 4) is 0 Å². The van der Waals surface area contributed by atoms with Crippen LogP contribution < -0.4 is 0 Å². The maximum absolute atomic E-state index is 4.26. The second kappa shape index (κ2) is 4.70. The first-order valence-corrected chi connectivity index (χ1v) is 4.78. The maximum atomic E-state index is 4.26. The summed E-state index contributed by atoms with van der Waals surface area (Å²) < 4.78 is 0. The number of rotatable bonds is 3. The van der Waals surface area contributed by atoms with Gasteiger partial charge in [-0.2, -0.15) is 0 Å². The summed E-state index contributed by atoms with van der Waals surface area (Å²) in [5, 5.41) is 0. The van der Waals surface area contributed by atoms with Gasteiger partial charge in [-0.3, -0.25) is 0 Å². The van der Waals surface area contributed by atoms with Crippen molar-refractivity contribution in [2.45, 2.75) is 20.8 Å². The molecule has 0 atom stereocenters. The van der Waals surface area contributed by atoms with E-state index in [4.69, 9.17) is 0 Å². The first-order chi connectivity index (χ1) is 6.66. The molecule has 1 aromatic heterocycles. The van der Waals surface area contributed by atoms with Crippen molar-refractivity contribution in [2.24, 2.45) is 5.92 Å². The van der Waals surface area contributed by atoms with Gasteiger partial charge >= 0.3 is 0 Å². The highest BCUT2D eigenvalue weighted by Gasteiger charge is 2.08. The molecule has 0 radical (unpaired) electrons. The molecule has 0 unspecified atom stereocenters. The molecule has 0 fully saturated rings. The monoisotopic (exact) mass is 188 g/mol. The van der Waals surface area contributed by atoms with Gasteiger partial charge in [0.2, 0.25) is 0 Å². The zero-order valence-electron chi connectivity index (χ0n) is 8.99. The van der Waals surface area contributed by atoms with Crippen molar-refractivity contribution in [1.29, 1.82) is 0 Å². The van der Waals surface area contributed by atoms with Crippen LogP contribution in [0.1, 0.15) is 32.0 Å². The zero-order valence-corrected chi connectivity index (χ0v) is 8.99. The summed E-state index contributed by atoms with van der Waals surface area (Å²) in [6.45, 7) is 10.3. The second-order valence-corrected chi connectivity index (χ2v) is 3.51. The van der Waals surface area contributed by atoms with Gasteiger partial charge in [-0.05, 0) is 18.4 Å². The molecule has 0 N–H and O–H groups in total. The molecule has 0 saturated carbocycles. The van der Waals surface area contributed by atoms with E-state index in [9.17, 15) is 0 Å². The fraction of sp³-hybridized carbons (Fsp3) is 0.333. The summed E-state index contributed by atoms with van der Waals surface area (Å²) in [6.07, 6.45) is 7.37. The van der Waals surface area contributed by atoms with Gasteiger partial charge < -0.3 is 0 Å². The summed E-state index contributed by atoms with van der Waals surface area (Å²) in [4.78, 5) is 8.26. The summed E-state index contributed by atoms with van der Waals surface area (Å²) in [5.74, 6) is 0.411. The van der Waals surface area contributed by atoms with Crippen LogP contribution in [0.3, 0.4) is 0 Å². The number of nitrogens with zero attached hydrogens (tertiary/aromatic N) is 2. The van der Waals surface area contributed by atoms with Gasteiger partial charge in [-0.1, -0.05) is 32.6 Å². The quantitative estimate of drug-likeness (QED) is 0.728. The highest BCUT2D eigenvalue weighted by Crippen LogP contribution is 2.22. The van der Waals surface area contributed by atoms with Crippen LogP contribution in [0.4, 0.5) is 0 Å². The molecule has 1 aromatic rings. The predicted molar refractivity (Wildman–Crippen MR) is 60.6 cm³/mol. The molecule has 0 bridgehead atoms. The van der Waals surface area contributed by atoms with E-state index in [1.807, 2.05) is 25.3 Å². The molecule has 1 heterocycles. The fourth-order valence-corrected chi connectivity index (χ4v) is 1.18. The van der Waals surface area contributed by atoms with E-state index in [0.717, 1.165) is 16.8 Å². The van der Waals surface area contributed by atoms with E-state index in [-0.39, 0.29) is 0 Å². The summed E-state index contributed by atoms with van der Waals surface area (Å²) in [7, 11) is 0. The SMILES string of the molecule is C=C(c1ncncc1/C=C\C)C(C)C. The average molecular weight is 188 g/mol. The van der Waals surface area contributed by atoms with E-state index >= 15 is 0 Å². The summed E-state index contributed by atoms with van der Waals surface area (Å²) in [5.41, 5.74) is 3.04. The van der Waals surface area contributed by atoms with E-state index in [1.165, 1.54) is 0 Å². The van der Waals surface area contributed by atoms with E-state index in [2.05, 4.69) is 30.4 Å². The Morgan fingerprint density at radius 2 is 2.21 bits per heavy atom. The molecule has 0 amide bonds. The van der Waals surface area contributed by atoms with Crippen LogP contribution in [0.2, 0.25) is 0 Å². The number of hydrogen-bond donors (Lipinski definition) is 0. The number of hydrogen-bond acceptors (Lipinski definition) is 2. The van der Waals surface area contributed by atoms with Gasteiger partial charge in [0.05, 0.1) is 5.69 Å². The molecule has 0 aliphatic rings. The van der Waals surface area contributed by atoms with Gasteiger partial charge in [0.15, 0.2) is 0 Å². The lowest BCUT2D eigenvalue weighted by Gasteiger charge is -2.10. The lowest BCUT2D eigenvalue weighted by molar-refractivity contribution is 0.848. The molecule has 2 heteroatoms. The van der Waals surface area contributed by atoms with Gasteiger partial charge in [0.1, 0.15) is 6.33 Å². The third-order valence-corrected chi connectivity index (χ3v) is 2.09. The third kappa shape index (κ3) is 2.28. The van der Waals surface area contributed by atoms with E-state index in [1.54, 1.807) is 6.33 Å². The molecule has 2 nitrogen and oxygen atoms in total. The highest BCUT2D eigenvalue weighted by molar-refractivity contribution is 5.70. The summed E-state index contributed by atoms with van der Waals surface area (Å²) in [6, 6.07) is 0. The van der Waals surface area contributed by atoms with Gasteiger partial charge in [0, 0.05) is 11.8 Å². The molecule has 0 aliphatic heterocycles. The molecule has 0 saturated heterocycles. The largest absolute Gasteiger partial charge is 0.244 e. The molecule has 0 spiro atoms. The van der Waals surface area contributed by atoms with Crippen molar-refractivity contribution >= 4 is 11.6 Å². The smallest absolute Gasteiger partial charge is 0.116 e. The number of allylic oxidation sites excluding steroid dienone is 2. The van der Waals surface area contributed by atoms with Crippen molar-refractivity contribution in [1.82, 2.24) is 9.97 Å². The lowest BCUT2D eigenvalue weighted by atomic mass is 9.98. The minimum absolute atomic E-state index is 0.411. The van der Waals surface area contributed by atoms with Crippen LogP contribution in [-0.4, -0.2) is 9.97 Å². The normalized spacial score (nSPS) is 11.1. The van der Waals surface area contributed by atoms with Crippen LogP contribution in [-0.2, 0) is 0 Å². The minimum atomic E-state index is 0.411. The standard InChI is InChI=1S/C12H16N2/c1-5-6-11-7-13-8-14-12(11)10(4)9(2)3/h5-9H,4H2,1-3H3/b6-5-. The second-order valence-electron chi connectivity index (χ2n) is 3.51. The summed E-state index contributed by atoms with van der Waals surface area (Å²) >= 11 is 0. The molecular weight excluding hydrogens is 172 g/mol. The molecule has 0 aromatic carbocycles. The predicted octanol–water partition coefficient (Wildman–Crippen LogP) is 3.18. The van der Waals surface area contributed by atoms with Crippen LogP contribution in [0.15, 0.2) is 25.2 Å². The highest BCUT2D eigenvalue weighted by atomic mass is 14.8. The van der Waals surface area contributed by atoms with Crippen LogP contribution in [0.5, 0.6) is 0 Å². The lowest BCUT2D eigenvalue weighted by Crippen LogP contribution is -1.98. The average Bonchev–Trinajstić information content (AvgIpc) is 2.18. The zero-order chi connectivity index (χ0) is 10.6.